The summed E-state index contributed by atoms with van der Waals surface area (Å²) >= 11 is 0. The number of carbonyl (C=O) groups is 3. The molecular formula is C73H131O24P. The second-order valence-electron chi connectivity index (χ2n) is 27.1. The van der Waals surface area contributed by atoms with E-state index in [4.69, 9.17) is 42.2 Å². The van der Waals surface area contributed by atoms with E-state index in [0.717, 1.165) is 96.0 Å². The van der Waals surface area contributed by atoms with E-state index in [0.29, 0.717) is 12.8 Å². The van der Waals surface area contributed by atoms with Gasteiger partial charge in [0.1, 0.15) is 98.7 Å². The first-order valence-electron chi connectivity index (χ1n) is 37.8. The van der Waals surface area contributed by atoms with Crippen molar-refractivity contribution >= 4 is 25.7 Å². The Hall–Kier alpha value is -2.82. The molecule has 98 heavy (non-hydrogen) atoms. The van der Waals surface area contributed by atoms with E-state index >= 15 is 0 Å². The van der Waals surface area contributed by atoms with Crippen LogP contribution >= 0.6 is 7.82 Å². The van der Waals surface area contributed by atoms with Gasteiger partial charge in [-0.05, 0) is 51.4 Å². The first kappa shape index (κ1) is 89.4. The first-order chi connectivity index (χ1) is 47.3. The Kier molecular flexibility index (Phi) is 50.0. The average molecular weight is 1420 g/mol. The van der Waals surface area contributed by atoms with E-state index in [1.54, 1.807) is 6.08 Å². The number of ether oxygens (including phenoxy) is 7. The fraction of sp³-hybridized carbons (Fsp3) is 0.877. The highest BCUT2D eigenvalue weighted by Gasteiger charge is 2.58. The zero-order valence-electron chi connectivity index (χ0n) is 59.6. The molecule has 0 bridgehead atoms. The lowest BCUT2D eigenvalue weighted by Gasteiger charge is -2.49. The van der Waals surface area contributed by atoms with Gasteiger partial charge in [-0.3, -0.25) is 18.6 Å². The van der Waals surface area contributed by atoms with Gasteiger partial charge in [-0.15, -0.1) is 0 Å². The number of allylic oxidation sites excluding steroid dienone is 5. The summed E-state index contributed by atoms with van der Waals surface area (Å²) in [6.45, 7) is 3.32. The third kappa shape index (κ3) is 37.6. The molecule has 2 heterocycles. The van der Waals surface area contributed by atoms with Crippen molar-refractivity contribution in [2.45, 2.75) is 382 Å². The van der Waals surface area contributed by atoms with Gasteiger partial charge in [0.05, 0.1) is 13.2 Å². The van der Waals surface area contributed by atoms with E-state index in [2.05, 4.69) is 32.9 Å². The highest BCUT2D eigenvalue weighted by molar-refractivity contribution is 7.47. The summed E-state index contributed by atoms with van der Waals surface area (Å²) in [6.07, 6.45) is 17.1. The molecule has 3 aliphatic rings. The molecule has 25 heteroatoms. The number of carbonyl (C=O) groups excluding carboxylic acids is 3. The molecule has 18 atom stereocenters. The monoisotopic (exact) mass is 1420 g/mol. The predicted molar refractivity (Wildman–Crippen MR) is 370 cm³/mol. The molecule has 3 rings (SSSR count). The molecule has 0 radical (unpaired) electrons. The molecule has 1 aliphatic carbocycles. The van der Waals surface area contributed by atoms with Crippen molar-refractivity contribution in [2.24, 2.45) is 0 Å². The summed E-state index contributed by atoms with van der Waals surface area (Å²) in [4.78, 5) is 50.8. The van der Waals surface area contributed by atoms with Crippen molar-refractivity contribution in [3.8, 4) is 0 Å². The first-order valence-corrected chi connectivity index (χ1v) is 39.3. The minimum absolute atomic E-state index is 0.00411. The van der Waals surface area contributed by atoms with E-state index in [-0.39, 0.29) is 12.8 Å². The van der Waals surface area contributed by atoms with Gasteiger partial charge in [0.2, 0.25) is 0 Å². The normalized spacial score (nSPS) is 27.8. The van der Waals surface area contributed by atoms with Crippen LogP contribution in [-0.2, 0) is 61.2 Å². The predicted octanol–water partition coefficient (Wildman–Crippen LogP) is 10.3. The van der Waals surface area contributed by atoms with Crippen LogP contribution in [-0.4, -0.2) is 204 Å². The second-order valence-corrected chi connectivity index (χ2v) is 28.5. The lowest BCUT2D eigenvalue weighted by Crippen LogP contribution is -2.69. The lowest BCUT2D eigenvalue weighted by molar-refractivity contribution is -0.360. The van der Waals surface area contributed by atoms with Crippen LogP contribution in [0.5, 0.6) is 0 Å². The molecule has 1 saturated carbocycles. The third-order valence-corrected chi connectivity index (χ3v) is 19.5. The Labute approximate surface area is 585 Å². The fourth-order valence-corrected chi connectivity index (χ4v) is 13.3. The summed E-state index contributed by atoms with van der Waals surface area (Å²) in [7, 11) is -5.72. The molecule has 0 aromatic heterocycles. The van der Waals surface area contributed by atoms with Crippen LogP contribution in [0, 0.1) is 0 Å². The summed E-state index contributed by atoms with van der Waals surface area (Å²) < 4.78 is 64.8. The van der Waals surface area contributed by atoms with E-state index in [9.17, 15) is 74.9 Å². The van der Waals surface area contributed by atoms with E-state index < -0.39 is 156 Å². The Bertz CT molecular complexity index is 2170. The molecule has 0 amide bonds. The smallest absolute Gasteiger partial charge is 0.463 e. The number of hydrogen-bond acceptors (Lipinski definition) is 23. The van der Waals surface area contributed by atoms with Crippen LogP contribution in [0.15, 0.2) is 36.5 Å². The van der Waals surface area contributed by atoms with Crippen molar-refractivity contribution in [3.05, 3.63) is 36.5 Å². The number of rotatable bonds is 58. The van der Waals surface area contributed by atoms with Crippen molar-refractivity contribution in [3.63, 3.8) is 0 Å². The standard InChI is InChI=1S/C73H131O24P/c1-4-7-10-13-16-19-22-25-27-30-33-35-38-41-44-47-57(75)89-51-54(92-59(77)49-46-43-40-37-34-31-28-26-23-20-17-14-11-8-5-2)52-91-98(87,88)97-71-69(95-72-67(85)62(80)60(78)55(50-74)93-72)65(83)64(82)66(84)70(71)96-73-68(86)63(81)61(79)56(94-73)53-90-58(76)48-45-42-39-36-32-29-24-21-18-15-12-9-6-3/h29,32,40,43,46,49,54-56,60-74,78-86H,4-28,30-31,33-39,41-42,44-45,47-48,50-53H2,1-3H3,(H,87,88)/b32-29-,43-40+,49-46+. The Morgan fingerprint density at radius 3 is 1.22 bits per heavy atom. The van der Waals surface area contributed by atoms with Crippen molar-refractivity contribution in [1.82, 2.24) is 0 Å². The van der Waals surface area contributed by atoms with Gasteiger partial charge in [-0.25, -0.2) is 9.36 Å². The van der Waals surface area contributed by atoms with Gasteiger partial charge in [-0.2, -0.15) is 0 Å². The summed E-state index contributed by atoms with van der Waals surface area (Å²) in [6, 6.07) is 0. The summed E-state index contributed by atoms with van der Waals surface area (Å²) in [5.41, 5.74) is 0. The van der Waals surface area contributed by atoms with Gasteiger partial charge in [0.15, 0.2) is 18.7 Å². The maximum atomic E-state index is 14.3. The maximum Gasteiger partial charge on any atom is 0.472 e. The molecule has 2 saturated heterocycles. The SMILES string of the molecule is CCCCCCCC/C=C\CCCCCC(=O)OCC1OC(OC2C(O)C(O)C(O)C(OC3OC(CO)C(O)C(O)C3O)C2OP(=O)(O)OCC(COC(=O)CCCCCCCCCCCCCCCCC)OC(=O)/C=C/C=C/CCCCCCCCCCCCC)C(O)C(O)C1O. The minimum Gasteiger partial charge on any atom is -0.463 e. The van der Waals surface area contributed by atoms with Crippen LogP contribution in [0.3, 0.4) is 0 Å². The molecule has 572 valence electrons. The average Bonchev–Trinajstić information content (AvgIpc) is 0.764. The molecule has 18 unspecified atom stereocenters. The quantitative estimate of drug-likeness (QED) is 0.00513. The fourth-order valence-electron chi connectivity index (χ4n) is 12.3. The lowest BCUT2D eigenvalue weighted by atomic mass is 9.84. The Morgan fingerprint density at radius 1 is 0.418 bits per heavy atom. The molecule has 2 aliphatic heterocycles. The molecule has 0 spiro atoms. The van der Waals surface area contributed by atoms with E-state index in [1.807, 2.05) is 6.08 Å². The van der Waals surface area contributed by atoms with E-state index in [1.165, 1.54) is 147 Å². The molecular weight excluding hydrogens is 1290 g/mol. The van der Waals surface area contributed by atoms with Gasteiger partial charge in [-0.1, -0.05) is 244 Å². The number of aliphatic hydroxyl groups is 10. The van der Waals surface area contributed by atoms with Gasteiger partial charge >= 0.3 is 25.7 Å². The van der Waals surface area contributed by atoms with Gasteiger partial charge in [0, 0.05) is 18.9 Å². The minimum atomic E-state index is -5.72. The number of phosphoric ester groups is 1. The van der Waals surface area contributed by atoms with Crippen molar-refractivity contribution in [1.29, 1.82) is 0 Å². The topological polar surface area (TPSA) is 374 Å². The van der Waals surface area contributed by atoms with Crippen LogP contribution < -0.4 is 0 Å². The third-order valence-electron chi connectivity index (χ3n) is 18.5. The van der Waals surface area contributed by atoms with Crippen LogP contribution in [0.2, 0.25) is 0 Å². The zero-order valence-corrected chi connectivity index (χ0v) is 60.5. The maximum absolute atomic E-state index is 14.3. The zero-order chi connectivity index (χ0) is 71.8. The molecule has 24 nitrogen and oxygen atoms in total. The molecule has 0 aromatic carbocycles. The highest BCUT2D eigenvalue weighted by atomic mass is 31.2. The summed E-state index contributed by atoms with van der Waals surface area (Å²) in [5, 5.41) is 110. The number of unbranched alkanes of at least 4 members (excludes halogenated alkanes) is 34. The largest absolute Gasteiger partial charge is 0.472 e. The van der Waals surface area contributed by atoms with Crippen molar-refractivity contribution < 1.29 is 117 Å². The molecule has 0 aromatic rings. The Morgan fingerprint density at radius 2 is 0.786 bits per heavy atom. The highest BCUT2D eigenvalue weighted by Crippen LogP contribution is 2.49. The number of aliphatic hydroxyl groups excluding tert-OH is 10. The Balaban J connectivity index is 1.76. The number of hydrogen-bond donors (Lipinski definition) is 11. The van der Waals surface area contributed by atoms with Crippen LogP contribution in [0.1, 0.15) is 278 Å². The van der Waals surface area contributed by atoms with Gasteiger partial charge in [0.25, 0.3) is 0 Å². The van der Waals surface area contributed by atoms with Crippen LogP contribution in [0.25, 0.3) is 0 Å². The molecule has 11 N–H and O–H groups in total. The molecule has 3 fully saturated rings. The van der Waals surface area contributed by atoms with Crippen molar-refractivity contribution in [2.75, 3.05) is 26.4 Å². The number of phosphoric acid groups is 1. The summed E-state index contributed by atoms with van der Waals surface area (Å²) in [5.74, 6) is -2.26. The number of esters is 3. The second kappa shape index (κ2) is 54.8. The van der Waals surface area contributed by atoms with Crippen LogP contribution in [0.4, 0.5) is 0 Å². The van der Waals surface area contributed by atoms with Gasteiger partial charge < -0.3 is 89.1 Å².